The molecule has 2 aromatic rings. The summed E-state index contributed by atoms with van der Waals surface area (Å²) in [6.07, 6.45) is 0.281. The van der Waals surface area contributed by atoms with Crippen LogP contribution in [0.4, 0.5) is 9.18 Å². The van der Waals surface area contributed by atoms with Crippen LogP contribution in [0.2, 0.25) is 0 Å². The van der Waals surface area contributed by atoms with Crippen LogP contribution in [0.15, 0.2) is 48.5 Å². The molecule has 6 heteroatoms. The van der Waals surface area contributed by atoms with E-state index < -0.39 is 11.7 Å². The Hall–Kier alpha value is -2.60. The molecule has 1 aliphatic rings. The number of halogens is 1. The summed E-state index contributed by atoms with van der Waals surface area (Å²) in [5.74, 6) is 0.450. The summed E-state index contributed by atoms with van der Waals surface area (Å²) >= 11 is 0. The lowest BCUT2D eigenvalue weighted by Crippen LogP contribution is -2.48. The topological polar surface area (TPSA) is 56.8 Å². The van der Waals surface area contributed by atoms with Crippen molar-refractivity contribution in [2.45, 2.75) is 38.8 Å². The van der Waals surface area contributed by atoms with Crippen LogP contribution in [0.5, 0.6) is 5.75 Å². The third-order valence-electron chi connectivity index (χ3n) is 4.68. The Labute approximate surface area is 171 Å². The van der Waals surface area contributed by atoms with Crippen molar-refractivity contribution in [1.29, 1.82) is 0 Å². The Kier molecular flexibility index (Phi) is 6.75. The standard InChI is InChI=1S/C23H28FNO4/c1-23(2,3)29-22(26)25-21-12-13-27-14-17(21)15-28-18-10-8-16(9-11-18)19-6-4-5-7-20(19)24/h4-11,17,21H,12-15H2,1-3H3,(H,25,26)/t17-,21+/m1/s1. The molecule has 156 valence electrons. The number of hydrogen-bond acceptors (Lipinski definition) is 4. The minimum absolute atomic E-state index is 0.0162. The first-order valence-electron chi connectivity index (χ1n) is 9.87. The zero-order valence-electron chi connectivity index (χ0n) is 17.1. The van der Waals surface area contributed by atoms with E-state index in [-0.39, 0.29) is 17.8 Å². The normalized spacial score (nSPS) is 19.4. The minimum Gasteiger partial charge on any atom is -0.493 e. The van der Waals surface area contributed by atoms with Gasteiger partial charge in [0.25, 0.3) is 0 Å². The Morgan fingerprint density at radius 3 is 2.59 bits per heavy atom. The number of alkyl carbamates (subject to hydrolysis) is 1. The molecule has 2 aromatic carbocycles. The van der Waals surface area contributed by atoms with Gasteiger partial charge in [-0.25, -0.2) is 9.18 Å². The molecule has 1 aliphatic heterocycles. The number of amides is 1. The Balaban J connectivity index is 1.57. The molecule has 5 nitrogen and oxygen atoms in total. The summed E-state index contributed by atoms with van der Waals surface area (Å²) in [5, 5.41) is 2.94. The molecule has 1 saturated heterocycles. The van der Waals surface area contributed by atoms with E-state index in [9.17, 15) is 9.18 Å². The molecule has 0 aromatic heterocycles. The first kappa shape index (κ1) is 21.1. The van der Waals surface area contributed by atoms with Crippen molar-refractivity contribution >= 4 is 6.09 Å². The maximum Gasteiger partial charge on any atom is 0.407 e. The molecule has 1 heterocycles. The van der Waals surface area contributed by atoms with Gasteiger partial charge in [-0.3, -0.25) is 0 Å². The fourth-order valence-electron chi connectivity index (χ4n) is 3.24. The van der Waals surface area contributed by atoms with Gasteiger partial charge in [0, 0.05) is 24.1 Å². The predicted molar refractivity (Wildman–Crippen MR) is 109 cm³/mol. The van der Waals surface area contributed by atoms with Gasteiger partial charge in [0.05, 0.1) is 13.2 Å². The maximum absolute atomic E-state index is 13.9. The van der Waals surface area contributed by atoms with Crippen LogP contribution in [0.25, 0.3) is 11.1 Å². The van der Waals surface area contributed by atoms with Crippen LogP contribution in [0.3, 0.4) is 0 Å². The van der Waals surface area contributed by atoms with Gasteiger partial charge in [-0.05, 0) is 51.0 Å². The summed E-state index contributed by atoms with van der Waals surface area (Å²) in [6.45, 7) is 7.01. The third-order valence-corrected chi connectivity index (χ3v) is 4.68. The smallest absolute Gasteiger partial charge is 0.407 e. The first-order valence-corrected chi connectivity index (χ1v) is 9.87. The average Bonchev–Trinajstić information content (AvgIpc) is 2.67. The second-order valence-electron chi connectivity index (χ2n) is 8.19. The third kappa shape index (κ3) is 6.19. The van der Waals surface area contributed by atoms with Crippen molar-refractivity contribution in [3.05, 3.63) is 54.3 Å². The molecule has 3 rings (SSSR count). The largest absolute Gasteiger partial charge is 0.493 e. The van der Waals surface area contributed by atoms with Crippen LogP contribution in [-0.2, 0) is 9.47 Å². The van der Waals surface area contributed by atoms with Gasteiger partial charge in [0.2, 0.25) is 0 Å². The van der Waals surface area contributed by atoms with Crippen LogP contribution in [0.1, 0.15) is 27.2 Å². The van der Waals surface area contributed by atoms with Gasteiger partial charge in [-0.15, -0.1) is 0 Å². The molecule has 2 atom stereocenters. The highest BCUT2D eigenvalue weighted by molar-refractivity contribution is 5.68. The minimum atomic E-state index is -0.540. The van der Waals surface area contributed by atoms with Gasteiger partial charge in [-0.2, -0.15) is 0 Å². The van der Waals surface area contributed by atoms with E-state index in [2.05, 4.69) is 5.32 Å². The molecule has 29 heavy (non-hydrogen) atoms. The van der Waals surface area contributed by atoms with Crippen molar-refractivity contribution in [3.63, 3.8) is 0 Å². The highest BCUT2D eigenvalue weighted by Crippen LogP contribution is 2.25. The van der Waals surface area contributed by atoms with E-state index in [1.165, 1.54) is 6.07 Å². The monoisotopic (exact) mass is 401 g/mol. The first-order chi connectivity index (χ1) is 13.8. The van der Waals surface area contributed by atoms with Gasteiger partial charge >= 0.3 is 6.09 Å². The van der Waals surface area contributed by atoms with E-state index >= 15 is 0 Å². The molecule has 0 aliphatic carbocycles. The summed E-state index contributed by atoms with van der Waals surface area (Å²) in [5.41, 5.74) is 0.809. The summed E-state index contributed by atoms with van der Waals surface area (Å²) < 4.78 is 30.8. The molecule has 1 amide bonds. The van der Waals surface area contributed by atoms with E-state index in [0.717, 1.165) is 5.56 Å². The zero-order chi connectivity index (χ0) is 20.9. The molecular formula is C23H28FNO4. The second-order valence-corrected chi connectivity index (χ2v) is 8.19. The molecule has 0 saturated carbocycles. The van der Waals surface area contributed by atoms with Gasteiger partial charge in [0.15, 0.2) is 0 Å². The summed E-state index contributed by atoms with van der Waals surface area (Å²) in [7, 11) is 0. The van der Waals surface area contributed by atoms with Crippen molar-refractivity contribution < 1.29 is 23.4 Å². The van der Waals surface area contributed by atoms with Crippen LogP contribution in [-0.4, -0.2) is 37.6 Å². The number of hydrogen-bond donors (Lipinski definition) is 1. The quantitative estimate of drug-likeness (QED) is 0.782. The highest BCUT2D eigenvalue weighted by atomic mass is 19.1. The molecule has 0 spiro atoms. The Bertz CT molecular complexity index is 816. The lowest BCUT2D eigenvalue weighted by atomic mass is 9.97. The number of benzene rings is 2. The van der Waals surface area contributed by atoms with Crippen LogP contribution >= 0.6 is 0 Å². The summed E-state index contributed by atoms with van der Waals surface area (Å²) in [4.78, 5) is 12.1. The second kappa shape index (κ2) is 9.27. The molecule has 1 N–H and O–H groups in total. The van der Waals surface area contributed by atoms with E-state index in [1.54, 1.807) is 12.1 Å². The molecular weight excluding hydrogens is 373 g/mol. The van der Waals surface area contributed by atoms with Crippen LogP contribution in [0, 0.1) is 11.7 Å². The fraction of sp³-hybridized carbons (Fsp3) is 0.435. The zero-order valence-corrected chi connectivity index (χ0v) is 17.1. The molecule has 0 radical (unpaired) electrons. The van der Waals surface area contributed by atoms with Crippen molar-refractivity contribution in [3.8, 4) is 16.9 Å². The SMILES string of the molecule is CC(C)(C)OC(=O)N[C@H]1CCOC[C@@H]1COc1ccc(-c2ccccc2F)cc1. The molecule has 0 bridgehead atoms. The van der Waals surface area contributed by atoms with Crippen molar-refractivity contribution in [2.75, 3.05) is 19.8 Å². The number of nitrogens with one attached hydrogen (secondary N) is 1. The fourth-order valence-corrected chi connectivity index (χ4v) is 3.24. The van der Waals surface area contributed by atoms with Crippen LogP contribution < -0.4 is 10.1 Å². The Morgan fingerprint density at radius 1 is 1.17 bits per heavy atom. The maximum atomic E-state index is 13.9. The average molecular weight is 401 g/mol. The van der Waals surface area contributed by atoms with E-state index in [4.69, 9.17) is 14.2 Å². The lowest BCUT2D eigenvalue weighted by molar-refractivity contribution is 0.00439. The van der Waals surface area contributed by atoms with Crippen molar-refractivity contribution in [2.24, 2.45) is 5.92 Å². The Morgan fingerprint density at radius 2 is 1.90 bits per heavy atom. The van der Waals surface area contributed by atoms with Gasteiger partial charge < -0.3 is 19.5 Å². The van der Waals surface area contributed by atoms with Gasteiger partial charge in [-0.1, -0.05) is 30.3 Å². The van der Waals surface area contributed by atoms with E-state index in [0.29, 0.717) is 37.6 Å². The molecule has 0 unspecified atom stereocenters. The number of carbonyl (C=O) groups is 1. The summed E-state index contributed by atoms with van der Waals surface area (Å²) in [6, 6.07) is 13.9. The predicted octanol–water partition coefficient (Wildman–Crippen LogP) is 4.80. The number of ether oxygens (including phenoxy) is 3. The van der Waals surface area contributed by atoms with E-state index in [1.807, 2.05) is 51.1 Å². The number of rotatable bonds is 5. The number of carbonyl (C=O) groups excluding carboxylic acids is 1. The lowest BCUT2D eigenvalue weighted by Gasteiger charge is -2.32. The highest BCUT2D eigenvalue weighted by Gasteiger charge is 2.29. The van der Waals surface area contributed by atoms with Crippen molar-refractivity contribution in [1.82, 2.24) is 5.32 Å². The van der Waals surface area contributed by atoms with Gasteiger partial charge in [0.1, 0.15) is 17.2 Å². The molecule has 1 fully saturated rings.